The van der Waals surface area contributed by atoms with E-state index in [0.29, 0.717) is 12.2 Å². The van der Waals surface area contributed by atoms with Gasteiger partial charge in [-0.2, -0.15) is 0 Å². The van der Waals surface area contributed by atoms with Gasteiger partial charge in [0.25, 0.3) is 0 Å². The van der Waals surface area contributed by atoms with Gasteiger partial charge < -0.3 is 9.47 Å². The molecule has 0 amide bonds. The normalized spacial score (nSPS) is 26.8. The van der Waals surface area contributed by atoms with Crippen LogP contribution in [0.15, 0.2) is 34.1 Å². The van der Waals surface area contributed by atoms with Crippen LogP contribution in [-0.2, 0) is 9.47 Å². The van der Waals surface area contributed by atoms with Gasteiger partial charge in [0, 0.05) is 21.3 Å². The Morgan fingerprint density at radius 2 is 1.38 bits per heavy atom. The maximum atomic E-state index is 5.23. The van der Waals surface area contributed by atoms with E-state index in [1.165, 1.54) is 9.79 Å². The molecule has 0 saturated carbocycles. The summed E-state index contributed by atoms with van der Waals surface area (Å²) in [6.07, 6.45) is 0.990. The Bertz CT molecular complexity index is 327. The lowest BCUT2D eigenvalue weighted by atomic mass is 10.4. The first-order chi connectivity index (χ1) is 7.92. The van der Waals surface area contributed by atoms with Crippen LogP contribution in [0.25, 0.3) is 0 Å². The summed E-state index contributed by atoms with van der Waals surface area (Å²) in [4.78, 5) is 2.76. The quantitative estimate of drug-likeness (QED) is 0.575. The summed E-state index contributed by atoms with van der Waals surface area (Å²) < 4.78 is 10.5. The molecule has 2 aliphatic heterocycles. The SMILES string of the molecule is c1ccc(SCC2CO2)c(SCC2CO2)c1. The molecule has 0 aliphatic carbocycles. The van der Waals surface area contributed by atoms with Crippen molar-refractivity contribution in [1.29, 1.82) is 0 Å². The lowest BCUT2D eigenvalue weighted by Gasteiger charge is -2.06. The fourth-order valence-electron chi connectivity index (χ4n) is 1.38. The van der Waals surface area contributed by atoms with Crippen molar-refractivity contribution >= 4 is 23.5 Å². The monoisotopic (exact) mass is 254 g/mol. The third-order valence-electron chi connectivity index (χ3n) is 2.50. The van der Waals surface area contributed by atoms with E-state index in [2.05, 4.69) is 24.3 Å². The summed E-state index contributed by atoms with van der Waals surface area (Å²) in [5, 5.41) is 0. The summed E-state index contributed by atoms with van der Waals surface area (Å²) in [7, 11) is 0. The molecule has 0 bridgehead atoms. The Morgan fingerprint density at radius 3 is 1.75 bits per heavy atom. The fraction of sp³-hybridized carbons (Fsp3) is 0.500. The molecule has 2 heterocycles. The molecule has 0 spiro atoms. The van der Waals surface area contributed by atoms with Crippen LogP contribution in [0.5, 0.6) is 0 Å². The van der Waals surface area contributed by atoms with Crippen molar-refractivity contribution in [3.8, 4) is 0 Å². The molecule has 2 saturated heterocycles. The first kappa shape index (κ1) is 11.0. The molecule has 2 aliphatic rings. The van der Waals surface area contributed by atoms with Crippen molar-refractivity contribution in [3.63, 3.8) is 0 Å². The lowest BCUT2D eigenvalue weighted by Crippen LogP contribution is -1.92. The van der Waals surface area contributed by atoms with Crippen molar-refractivity contribution in [2.24, 2.45) is 0 Å². The maximum absolute atomic E-state index is 5.23. The van der Waals surface area contributed by atoms with E-state index in [-0.39, 0.29) is 0 Å². The van der Waals surface area contributed by atoms with Gasteiger partial charge in [-0.1, -0.05) is 12.1 Å². The third kappa shape index (κ3) is 3.17. The highest BCUT2D eigenvalue weighted by Crippen LogP contribution is 2.34. The minimum absolute atomic E-state index is 0.495. The molecule has 16 heavy (non-hydrogen) atoms. The molecular formula is C12H14O2S2. The molecule has 0 radical (unpaired) electrons. The molecule has 86 valence electrons. The lowest BCUT2D eigenvalue weighted by molar-refractivity contribution is 0.425. The first-order valence-corrected chi connectivity index (χ1v) is 7.47. The van der Waals surface area contributed by atoms with Gasteiger partial charge in [-0.15, -0.1) is 23.5 Å². The number of ether oxygens (including phenoxy) is 2. The summed E-state index contributed by atoms with van der Waals surface area (Å²) in [5.74, 6) is 2.16. The van der Waals surface area contributed by atoms with Crippen molar-refractivity contribution in [3.05, 3.63) is 24.3 Å². The van der Waals surface area contributed by atoms with E-state index >= 15 is 0 Å². The molecule has 2 atom stereocenters. The number of rotatable bonds is 6. The predicted octanol–water partition coefficient (Wildman–Crippen LogP) is 2.67. The van der Waals surface area contributed by atoms with Crippen molar-refractivity contribution in [1.82, 2.24) is 0 Å². The number of benzene rings is 1. The van der Waals surface area contributed by atoms with Crippen LogP contribution >= 0.6 is 23.5 Å². The van der Waals surface area contributed by atoms with E-state index in [1.807, 2.05) is 23.5 Å². The molecule has 2 unspecified atom stereocenters. The topological polar surface area (TPSA) is 25.1 Å². The highest BCUT2D eigenvalue weighted by Gasteiger charge is 2.24. The van der Waals surface area contributed by atoms with Gasteiger partial charge in [0.2, 0.25) is 0 Å². The van der Waals surface area contributed by atoms with Crippen LogP contribution in [0.2, 0.25) is 0 Å². The van der Waals surface area contributed by atoms with E-state index in [4.69, 9.17) is 9.47 Å². The Labute approximate surface area is 104 Å². The molecule has 1 aromatic carbocycles. The zero-order chi connectivity index (χ0) is 10.8. The van der Waals surface area contributed by atoms with Crippen LogP contribution in [0, 0.1) is 0 Å². The molecule has 0 N–H and O–H groups in total. The molecule has 0 aromatic heterocycles. The van der Waals surface area contributed by atoms with Gasteiger partial charge in [0.15, 0.2) is 0 Å². The summed E-state index contributed by atoms with van der Waals surface area (Å²) in [5.41, 5.74) is 0. The van der Waals surface area contributed by atoms with Gasteiger partial charge in [-0.3, -0.25) is 0 Å². The van der Waals surface area contributed by atoms with Crippen molar-refractivity contribution in [2.45, 2.75) is 22.0 Å². The summed E-state index contributed by atoms with van der Waals surface area (Å²) in [6.45, 7) is 1.89. The molecule has 1 aromatic rings. The van der Waals surface area contributed by atoms with Crippen LogP contribution in [0.4, 0.5) is 0 Å². The minimum atomic E-state index is 0.495. The van der Waals surface area contributed by atoms with Gasteiger partial charge in [-0.05, 0) is 12.1 Å². The minimum Gasteiger partial charge on any atom is -0.372 e. The smallest absolute Gasteiger partial charge is 0.0903 e. The standard InChI is InChI=1S/C12H14O2S2/c1-2-4-12(16-8-10-6-14-10)11(3-1)15-7-9-5-13-9/h1-4,9-10H,5-8H2. The van der Waals surface area contributed by atoms with Gasteiger partial charge >= 0.3 is 0 Å². The average Bonchev–Trinajstić information content (AvgIpc) is 3.17. The number of thioether (sulfide) groups is 2. The molecule has 3 rings (SSSR count). The zero-order valence-corrected chi connectivity index (χ0v) is 10.6. The fourth-order valence-corrected chi connectivity index (χ4v) is 3.62. The van der Waals surface area contributed by atoms with Gasteiger partial charge in [-0.25, -0.2) is 0 Å². The average molecular weight is 254 g/mol. The highest BCUT2D eigenvalue weighted by atomic mass is 32.2. The van der Waals surface area contributed by atoms with Crippen LogP contribution < -0.4 is 0 Å². The Balaban J connectivity index is 1.58. The zero-order valence-electron chi connectivity index (χ0n) is 8.93. The van der Waals surface area contributed by atoms with Crippen LogP contribution in [0.1, 0.15) is 0 Å². The van der Waals surface area contributed by atoms with E-state index in [1.54, 1.807) is 0 Å². The summed E-state index contributed by atoms with van der Waals surface area (Å²) >= 11 is 3.81. The summed E-state index contributed by atoms with van der Waals surface area (Å²) in [6, 6.07) is 8.60. The second-order valence-corrected chi connectivity index (χ2v) is 6.10. The molecular weight excluding hydrogens is 240 g/mol. The van der Waals surface area contributed by atoms with Gasteiger partial charge in [0.1, 0.15) is 0 Å². The Hall–Kier alpha value is -0.160. The van der Waals surface area contributed by atoms with Crippen LogP contribution in [-0.4, -0.2) is 36.9 Å². The highest BCUT2D eigenvalue weighted by molar-refractivity contribution is 8.02. The molecule has 2 fully saturated rings. The number of hydrogen-bond donors (Lipinski definition) is 0. The van der Waals surface area contributed by atoms with Crippen molar-refractivity contribution < 1.29 is 9.47 Å². The number of hydrogen-bond acceptors (Lipinski definition) is 4. The van der Waals surface area contributed by atoms with E-state index < -0.39 is 0 Å². The van der Waals surface area contributed by atoms with Gasteiger partial charge in [0.05, 0.1) is 25.4 Å². The number of epoxide rings is 2. The maximum Gasteiger partial charge on any atom is 0.0903 e. The van der Waals surface area contributed by atoms with Crippen LogP contribution in [0.3, 0.4) is 0 Å². The van der Waals surface area contributed by atoms with Crippen molar-refractivity contribution in [2.75, 3.05) is 24.7 Å². The predicted molar refractivity (Wildman–Crippen MR) is 67.4 cm³/mol. The molecule has 4 heteroatoms. The first-order valence-electron chi connectivity index (χ1n) is 5.49. The Kier molecular flexibility index (Phi) is 3.43. The Morgan fingerprint density at radius 1 is 0.938 bits per heavy atom. The van der Waals surface area contributed by atoms with E-state index in [9.17, 15) is 0 Å². The largest absolute Gasteiger partial charge is 0.372 e. The third-order valence-corrected chi connectivity index (χ3v) is 5.04. The second kappa shape index (κ2) is 5.00. The second-order valence-electron chi connectivity index (χ2n) is 3.98. The molecule has 2 nitrogen and oxygen atoms in total. The van der Waals surface area contributed by atoms with E-state index in [0.717, 1.165) is 24.7 Å².